The molecule has 1 N–H and O–H groups in total. The van der Waals surface area contributed by atoms with Gasteiger partial charge >= 0.3 is 0 Å². The van der Waals surface area contributed by atoms with Crippen LogP contribution in [0, 0.1) is 0 Å². The first-order valence-electron chi connectivity index (χ1n) is 10.2. The van der Waals surface area contributed by atoms with Gasteiger partial charge in [-0.2, -0.15) is 9.61 Å². The molecule has 0 atom stereocenters. The molecule has 3 heterocycles. The molecule has 0 aliphatic carbocycles. The molecule has 0 spiro atoms. The van der Waals surface area contributed by atoms with Gasteiger partial charge in [-0.15, -0.1) is 0 Å². The van der Waals surface area contributed by atoms with Crippen LogP contribution in [0.5, 0.6) is 11.5 Å². The number of hydrogen-bond acceptors (Lipinski definition) is 5. The van der Waals surface area contributed by atoms with Crippen molar-refractivity contribution in [1.29, 1.82) is 0 Å². The van der Waals surface area contributed by atoms with Gasteiger partial charge in [-0.3, -0.25) is 4.98 Å². The summed E-state index contributed by atoms with van der Waals surface area (Å²) in [6.07, 6.45) is 6.27. The predicted octanol–water partition coefficient (Wildman–Crippen LogP) is 5.24. The summed E-state index contributed by atoms with van der Waals surface area (Å²) in [5, 5.41) is 8.03. The van der Waals surface area contributed by atoms with E-state index in [9.17, 15) is 0 Å². The quantitative estimate of drug-likeness (QED) is 0.400. The van der Waals surface area contributed by atoms with Crippen molar-refractivity contribution in [1.82, 2.24) is 19.6 Å². The number of nitrogens with zero attached hydrogens (tertiary/aromatic N) is 4. The van der Waals surface area contributed by atoms with Crippen molar-refractivity contribution >= 4 is 11.5 Å². The molecule has 0 bridgehead atoms. The highest BCUT2D eigenvalue weighted by atomic mass is 16.5. The van der Waals surface area contributed by atoms with Gasteiger partial charge in [0.1, 0.15) is 17.3 Å². The van der Waals surface area contributed by atoms with Crippen molar-refractivity contribution in [2.45, 2.75) is 6.42 Å². The van der Waals surface area contributed by atoms with Crippen molar-refractivity contribution in [3.63, 3.8) is 0 Å². The molecule has 5 aromatic rings. The largest absolute Gasteiger partial charge is 0.457 e. The van der Waals surface area contributed by atoms with Crippen LogP contribution in [-0.4, -0.2) is 26.1 Å². The third kappa shape index (κ3) is 4.09. The summed E-state index contributed by atoms with van der Waals surface area (Å²) in [5.74, 6) is 2.43. The van der Waals surface area contributed by atoms with Gasteiger partial charge in [-0.1, -0.05) is 42.5 Å². The van der Waals surface area contributed by atoms with Crippen LogP contribution in [0.15, 0.2) is 97.5 Å². The second-order valence-electron chi connectivity index (χ2n) is 7.03. The lowest BCUT2D eigenvalue weighted by Gasteiger charge is -2.11. The Kier molecular flexibility index (Phi) is 5.26. The van der Waals surface area contributed by atoms with E-state index in [4.69, 9.17) is 4.74 Å². The van der Waals surface area contributed by atoms with Crippen LogP contribution in [0.3, 0.4) is 0 Å². The van der Waals surface area contributed by atoms with E-state index < -0.39 is 0 Å². The fraction of sp³-hybridized carbons (Fsp3) is 0.0800. The van der Waals surface area contributed by atoms with Gasteiger partial charge in [0.15, 0.2) is 5.65 Å². The number of para-hydroxylation sites is 2. The molecule has 6 nitrogen and oxygen atoms in total. The summed E-state index contributed by atoms with van der Waals surface area (Å²) in [6.45, 7) is 0.749. The molecule has 6 heteroatoms. The Morgan fingerprint density at radius 2 is 1.61 bits per heavy atom. The highest BCUT2D eigenvalue weighted by Gasteiger charge is 2.15. The number of hydrogen-bond donors (Lipinski definition) is 1. The molecule has 0 aliphatic heterocycles. The Balaban J connectivity index is 1.43. The van der Waals surface area contributed by atoms with Gasteiger partial charge in [-0.05, 0) is 36.4 Å². The molecule has 0 aliphatic rings. The molecule has 2 aromatic carbocycles. The lowest BCUT2D eigenvalue weighted by molar-refractivity contribution is 0.484. The maximum absolute atomic E-state index is 6.14. The van der Waals surface area contributed by atoms with Crippen molar-refractivity contribution in [2.24, 2.45) is 0 Å². The van der Waals surface area contributed by atoms with E-state index in [2.05, 4.69) is 20.4 Å². The summed E-state index contributed by atoms with van der Waals surface area (Å²) in [5.41, 5.74) is 3.68. The van der Waals surface area contributed by atoms with Gasteiger partial charge in [0.25, 0.3) is 0 Å². The van der Waals surface area contributed by atoms with Gasteiger partial charge in [0, 0.05) is 36.6 Å². The first-order chi connectivity index (χ1) is 15.4. The van der Waals surface area contributed by atoms with Crippen LogP contribution < -0.4 is 10.1 Å². The molecule has 31 heavy (non-hydrogen) atoms. The fourth-order valence-corrected chi connectivity index (χ4v) is 3.47. The van der Waals surface area contributed by atoms with Crippen LogP contribution in [0.4, 0.5) is 5.82 Å². The van der Waals surface area contributed by atoms with E-state index in [1.54, 1.807) is 6.20 Å². The summed E-state index contributed by atoms with van der Waals surface area (Å²) in [7, 11) is 0. The average molecular weight is 407 g/mol. The van der Waals surface area contributed by atoms with Gasteiger partial charge in [0.2, 0.25) is 0 Å². The van der Waals surface area contributed by atoms with Crippen molar-refractivity contribution in [3.8, 4) is 22.6 Å². The highest BCUT2D eigenvalue weighted by molar-refractivity contribution is 5.82. The number of ether oxygens (including phenoxy) is 1. The van der Waals surface area contributed by atoms with Crippen LogP contribution in [0.2, 0.25) is 0 Å². The van der Waals surface area contributed by atoms with Crippen LogP contribution >= 0.6 is 0 Å². The van der Waals surface area contributed by atoms with Crippen molar-refractivity contribution < 1.29 is 4.74 Å². The molecular weight excluding hydrogens is 386 g/mol. The predicted molar refractivity (Wildman–Crippen MR) is 121 cm³/mol. The lowest BCUT2D eigenvalue weighted by Crippen LogP contribution is -2.09. The second kappa shape index (κ2) is 8.67. The zero-order valence-electron chi connectivity index (χ0n) is 16.8. The maximum Gasteiger partial charge on any atom is 0.165 e. The minimum absolute atomic E-state index is 0.749. The summed E-state index contributed by atoms with van der Waals surface area (Å²) >= 11 is 0. The number of nitrogens with one attached hydrogen (secondary N) is 1. The Labute approximate surface area is 180 Å². The average Bonchev–Trinajstić information content (AvgIpc) is 3.26. The van der Waals surface area contributed by atoms with Gasteiger partial charge in [0.05, 0.1) is 11.8 Å². The van der Waals surface area contributed by atoms with Crippen molar-refractivity contribution in [2.75, 3.05) is 11.9 Å². The molecule has 152 valence electrons. The Morgan fingerprint density at radius 3 is 2.48 bits per heavy atom. The second-order valence-corrected chi connectivity index (χ2v) is 7.03. The normalized spacial score (nSPS) is 10.8. The van der Waals surface area contributed by atoms with E-state index in [0.717, 1.165) is 52.8 Å². The first kappa shape index (κ1) is 18.8. The Hall–Kier alpha value is -4.19. The van der Waals surface area contributed by atoms with E-state index in [-0.39, 0.29) is 0 Å². The standard InChI is InChI=1S/C25H21N5O/c1-2-9-20(10-3-1)31-23-12-5-4-11-21(23)22-18-29-30-24(14-17-28-25(22)30)27-16-13-19-8-6-7-15-26-19/h1-12,14-15,17-18,27H,13,16H2. The smallest absolute Gasteiger partial charge is 0.165 e. The number of benzene rings is 2. The summed E-state index contributed by atoms with van der Waals surface area (Å²) in [4.78, 5) is 8.96. The zero-order valence-corrected chi connectivity index (χ0v) is 16.8. The molecule has 0 saturated heterocycles. The minimum atomic E-state index is 0.749. The third-order valence-electron chi connectivity index (χ3n) is 4.96. The van der Waals surface area contributed by atoms with Gasteiger partial charge in [-0.25, -0.2) is 4.98 Å². The SMILES string of the molecule is c1ccc(Oc2ccccc2-c2cnn3c(NCCc4ccccn4)ccnc23)cc1. The zero-order chi connectivity index (χ0) is 20.9. The lowest BCUT2D eigenvalue weighted by atomic mass is 10.1. The van der Waals surface area contributed by atoms with Crippen molar-refractivity contribution in [3.05, 3.63) is 103 Å². The van der Waals surface area contributed by atoms with E-state index >= 15 is 0 Å². The van der Waals surface area contributed by atoms with Crippen LogP contribution in [-0.2, 0) is 6.42 Å². The molecule has 5 rings (SSSR count). The van der Waals surface area contributed by atoms with Crippen LogP contribution in [0.1, 0.15) is 5.69 Å². The minimum Gasteiger partial charge on any atom is -0.457 e. The molecule has 0 fully saturated rings. The van der Waals surface area contributed by atoms with E-state index in [1.165, 1.54) is 0 Å². The number of rotatable bonds is 7. The summed E-state index contributed by atoms with van der Waals surface area (Å²) in [6, 6.07) is 25.6. The first-order valence-corrected chi connectivity index (χ1v) is 10.2. The highest BCUT2D eigenvalue weighted by Crippen LogP contribution is 2.35. The molecule has 0 radical (unpaired) electrons. The topological polar surface area (TPSA) is 64.3 Å². The fourth-order valence-electron chi connectivity index (χ4n) is 3.47. The molecular formula is C25H21N5O. The molecule has 0 unspecified atom stereocenters. The van der Waals surface area contributed by atoms with Crippen LogP contribution in [0.25, 0.3) is 16.8 Å². The Morgan fingerprint density at radius 1 is 0.774 bits per heavy atom. The number of anilines is 1. The molecule has 3 aromatic heterocycles. The van der Waals surface area contributed by atoms with E-state index in [0.29, 0.717) is 0 Å². The number of fused-ring (bicyclic) bond motifs is 1. The van der Waals surface area contributed by atoms with Gasteiger partial charge < -0.3 is 10.1 Å². The maximum atomic E-state index is 6.14. The molecule has 0 saturated carbocycles. The third-order valence-corrected chi connectivity index (χ3v) is 4.96. The summed E-state index contributed by atoms with van der Waals surface area (Å²) < 4.78 is 7.97. The van der Waals surface area contributed by atoms with E-state index in [1.807, 2.05) is 95.8 Å². The number of aromatic nitrogens is 4. The monoisotopic (exact) mass is 407 g/mol. The molecule has 0 amide bonds. The number of pyridine rings is 1. The Bertz CT molecular complexity index is 1290.